The minimum Gasteiger partial charge on any atom is -0.394 e. The zero-order valence-electron chi connectivity index (χ0n) is 11.2. The van der Waals surface area contributed by atoms with E-state index < -0.39 is 0 Å². The summed E-state index contributed by atoms with van der Waals surface area (Å²) in [5, 5.41) is 7.73. The van der Waals surface area contributed by atoms with Gasteiger partial charge in [-0.1, -0.05) is 6.07 Å². The molecule has 0 spiro atoms. The second kappa shape index (κ2) is 5.27. The van der Waals surface area contributed by atoms with Crippen LogP contribution in [0.5, 0.6) is 0 Å². The summed E-state index contributed by atoms with van der Waals surface area (Å²) in [7, 11) is 4.17. The van der Waals surface area contributed by atoms with E-state index >= 15 is 0 Å². The number of nitrogens with zero attached hydrogens (tertiary/aromatic N) is 3. The van der Waals surface area contributed by atoms with Crippen LogP contribution in [0.25, 0.3) is 5.52 Å². The summed E-state index contributed by atoms with van der Waals surface area (Å²) >= 11 is 0. The lowest BCUT2D eigenvalue weighted by atomic mass is 10.2. The van der Waals surface area contributed by atoms with Crippen LogP contribution in [0, 0.1) is 0 Å². The van der Waals surface area contributed by atoms with Crippen LogP contribution in [-0.4, -0.2) is 41.2 Å². The van der Waals surface area contributed by atoms with Crippen molar-refractivity contribution in [1.82, 2.24) is 14.5 Å². The van der Waals surface area contributed by atoms with Crippen LogP contribution in [-0.2, 0) is 0 Å². The first-order valence-corrected chi connectivity index (χ1v) is 6.22. The third kappa shape index (κ3) is 2.56. The Morgan fingerprint density at radius 3 is 2.89 bits per heavy atom. The van der Waals surface area contributed by atoms with Crippen LogP contribution in [0.15, 0.2) is 24.4 Å². The first-order valence-electron chi connectivity index (χ1n) is 6.22. The molecule has 98 valence electrons. The van der Waals surface area contributed by atoms with Gasteiger partial charge < -0.3 is 16.0 Å². The maximum Gasteiger partial charge on any atom is 0.172 e. The zero-order valence-corrected chi connectivity index (χ0v) is 11.2. The fourth-order valence-corrected chi connectivity index (χ4v) is 1.81. The first-order chi connectivity index (χ1) is 8.59. The standard InChI is InChI=1S/C13H21N5/c1-10(17(2)3)7-8-15-13-12(14)11-6-4-5-9-18(11)16-13/h4-6,9-10H,7-8,14H2,1-3H3,(H,15,16). The van der Waals surface area contributed by atoms with Crippen molar-refractivity contribution in [2.24, 2.45) is 0 Å². The Balaban J connectivity index is 2.02. The van der Waals surface area contributed by atoms with E-state index in [1.807, 2.05) is 24.4 Å². The van der Waals surface area contributed by atoms with Crippen molar-refractivity contribution in [2.75, 3.05) is 31.7 Å². The molecule has 0 aliphatic heterocycles. The van der Waals surface area contributed by atoms with Crippen molar-refractivity contribution in [3.05, 3.63) is 24.4 Å². The van der Waals surface area contributed by atoms with Gasteiger partial charge >= 0.3 is 0 Å². The molecule has 5 nitrogen and oxygen atoms in total. The number of nitrogens with two attached hydrogens (primary N) is 1. The Bertz CT molecular complexity index is 517. The minimum atomic E-state index is 0.538. The average Bonchev–Trinajstić information content (AvgIpc) is 2.67. The monoisotopic (exact) mass is 247 g/mol. The Morgan fingerprint density at radius 1 is 1.44 bits per heavy atom. The highest BCUT2D eigenvalue weighted by Gasteiger charge is 2.09. The van der Waals surface area contributed by atoms with Crippen LogP contribution in [0.1, 0.15) is 13.3 Å². The summed E-state index contributed by atoms with van der Waals surface area (Å²) in [5.41, 5.74) is 7.72. The summed E-state index contributed by atoms with van der Waals surface area (Å²) in [5.74, 6) is 0.771. The van der Waals surface area contributed by atoms with E-state index in [-0.39, 0.29) is 0 Å². The largest absolute Gasteiger partial charge is 0.394 e. The van der Waals surface area contributed by atoms with Gasteiger partial charge in [0.15, 0.2) is 5.82 Å². The molecule has 2 aromatic heterocycles. The van der Waals surface area contributed by atoms with E-state index in [2.05, 4.69) is 36.3 Å². The van der Waals surface area contributed by atoms with Gasteiger partial charge in [-0.25, -0.2) is 4.52 Å². The van der Waals surface area contributed by atoms with Crippen LogP contribution in [0.4, 0.5) is 11.5 Å². The lowest BCUT2D eigenvalue weighted by molar-refractivity contribution is 0.304. The number of anilines is 2. The molecule has 0 bridgehead atoms. The predicted octanol–water partition coefficient (Wildman–Crippen LogP) is 1.67. The molecule has 1 unspecified atom stereocenters. The second-order valence-corrected chi connectivity index (χ2v) is 4.82. The molecule has 1 atom stereocenters. The number of nitrogens with one attached hydrogen (secondary N) is 1. The van der Waals surface area contributed by atoms with Crippen molar-refractivity contribution < 1.29 is 0 Å². The van der Waals surface area contributed by atoms with Crippen molar-refractivity contribution in [3.63, 3.8) is 0 Å². The fourth-order valence-electron chi connectivity index (χ4n) is 1.81. The molecule has 18 heavy (non-hydrogen) atoms. The zero-order chi connectivity index (χ0) is 13.1. The average molecular weight is 247 g/mol. The van der Waals surface area contributed by atoms with E-state index in [0.29, 0.717) is 11.7 Å². The molecule has 0 aromatic carbocycles. The summed E-state index contributed by atoms with van der Waals surface area (Å²) < 4.78 is 1.80. The van der Waals surface area contributed by atoms with Crippen molar-refractivity contribution in [3.8, 4) is 0 Å². The summed E-state index contributed by atoms with van der Waals surface area (Å²) in [6, 6.07) is 6.41. The highest BCUT2D eigenvalue weighted by Crippen LogP contribution is 2.22. The van der Waals surface area contributed by atoms with E-state index in [1.165, 1.54) is 0 Å². The maximum absolute atomic E-state index is 6.06. The molecule has 5 heteroatoms. The molecular formula is C13H21N5. The first kappa shape index (κ1) is 12.7. The molecule has 0 saturated heterocycles. The molecule has 0 amide bonds. The highest BCUT2D eigenvalue weighted by atomic mass is 15.3. The SMILES string of the molecule is CC(CCNc1nn2ccccc2c1N)N(C)C. The lowest BCUT2D eigenvalue weighted by Crippen LogP contribution is -2.26. The van der Waals surface area contributed by atoms with Gasteiger partial charge in [-0.3, -0.25) is 0 Å². The highest BCUT2D eigenvalue weighted by molar-refractivity contribution is 5.80. The van der Waals surface area contributed by atoms with Crippen molar-refractivity contribution >= 4 is 17.0 Å². The van der Waals surface area contributed by atoms with Crippen LogP contribution in [0.3, 0.4) is 0 Å². The topological polar surface area (TPSA) is 58.6 Å². The molecule has 0 aliphatic carbocycles. The summed E-state index contributed by atoms with van der Waals surface area (Å²) in [6.45, 7) is 3.07. The molecule has 2 aromatic rings. The Labute approximate surface area is 108 Å². The van der Waals surface area contributed by atoms with Gasteiger partial charge in [-0.2, -0.15) is 0 Å². The molecule has 0 aliphatic rings. The van der Waals surface area contributed by atoms with Crippen LogP contribution < -0.4 is 11.1 Å². The summed E-state index contributed by atoms with van der Waals surface area (Å²) in [6.07, 6.45) is 2.96. The van der Waals surface area contributed by atoms with Crippen LogP contribution in [0.2, 0.25) is 0 Å². The van der Waals surface area contributed by atoms with E-state index in [0.717, 1.165) is 24.3 Å². The Morgan fingerprint density at radius 2 is 2.22 bits per heavy atom. The normalized spacial score (nSPS) is 13.1. The predicted molar refractivity (Wildman–Crippen MR) is 75.9 cm³/mol. The van der Waals surface area contributed by atoms with Crippen molar-refractivity contribution in [2.45, 2.75) is 19.4 Å². The number of pyridine rings is 1. The van der Waals surface area contributed by atoms with Gasteiger partial charge in [0.25, 0.3) is 0 Å². The Hall–Kier alpha value is -1.75. The van der Waals surface area contributed by atoms with Gasteiger partial charge in [-0.05, 0) is 39.6 Å². The minimum absolute atomic E-state index is 0.538. The van der Waals surface area contributed by atoms with Crippen molar-refractivity contribution in [1.29, 1.82) is 0 Å². The molecule has 0 fully saturated rings. The van der Waals surface area contributed by atoms with Gasteiger partial charge in [0.05, 0.1) is 5.52 Å². The molecule has 2 rings (SSSR count). The molecular weight excluding hydrogens is 226 g/mol. The van der Waals surface area contributed by atoms with Gasteiger partial charge in [0, 0.05) is 18.8 Å². The lowest BCUT2D eigenvalue weighted by Gasteiger charge is -2.19. The number of fused-ring (bicyclic) bond motifs is 1. The second-order valence-electron chi connectivity index (χ2n) is 4.82. The maximum atomic E-state index is 6.06. The van der Waals surface area contributed by atoms with Crippen LogP contribution >= 0.6 is 0 Å². The quantitative estimate of drug-likeness (QED) is 0.844. The van der Waals surface area contributed by atoms with E-state index in [9.17, 15) is 0 Å². The number of aromatic nitrogens is 2. The molecule has 2 heterocycles. The third-order valence-corrected chi connectivity index (χ3v) is 3.31. The van der Waals surface area contributed by atoms with E-state index in [1.54, 1.807) is 4.52 Å². The van der Waals surface area contributed by atoms with Gasteiger partial charge in [0.2, 0.25) is 0 Å². The van der Waals surface area contributed by atoms with Gasteiger partial charge in [0.1, 0.15) is 5.69 Å². The molecule has 0 saturated carbocycles. The number of rotatable bonds is 5. The van der Waals surface area contributed by atoms with Gasteiger partial charge in [-0.15, -0.1) is 5.10 Å². The fraction of sp³-hybridized carbons (Fsp3) is 0.462. The molecule has 0 radical (unpaired) electrons. The number of hydrogen-bond donors (Lipinski definition) is 2. The molecule has 3 N–H and O–H groups in total. The smallest absolute Gasteiger partial charge is 0.172 e. The van der Waals surface area contributed by atoms with E-state index in [4.69, 9.17) is 5.73 Å². The Kier molecular flexibility index (Phi) is 3.72. The number of hydrogen-bond acceptors (Lipinski definition) is 4. The summed E-state index contributed by atoms with van der Waals surface area (Å²) in [4.78, 5) is 2.20. The third-order valence-electron chi connectivity index (χ3n) is 3.31. The number of nitrogen functional groups attached to an aromatic ring is 1.